The number of nitrogens with one attached hydrogen (secondary N) is 1. The van der Waals surface area contributed by atoms with Gasteiger partial charge in [-0.05, 0) is 88.4 Å². The largest absolute Gasteiger partial charge is 0.490 e. The number of anilines is 1. The number of hydrogen-bond acceptors (Lipinski definition) is 7. The quantitative estimate of drug-likeness (QED) is 0.170. The van der Waals surface area contributed by atoms with E-state index in [1.54, 1.807) is 66.4 Å². The molecular weight excluding hydrogens is 587 g/mol. The maximum Gasteiger partial charge on any atom is 0.338 e. The Hall–Kier alpha value is -3.53. The van der Waals surface area contributed by atoms with Crippen LogP contribution >= 0.6 is 35.4 Å². The van der Waals surface area contributed by atoms with E-state index in [1.165, 1.54) is 0 Å². The number of nitrogens with zero attached hydrogens (tertiary/aromatic N) is 1. The molecule has 0 aliphatic heterocycles. The number of ether oxygens (including phenoxy) is 4. The summed E-state index contributed by atoms with van der Waals surface area (Å²) in [5.74, 6) is 0.253. The maximum absolute atomic E-state index is 13.5. The van der Waals surface area contributed by atoms with Crippen LogP contribution in [0, 0.1) is 0 Å². The van der Waals surface area contributed by atoms with E-state index in [0.717, 1.165) is 0 Å². The first-order chi connectivity index (χ1) is 19.7. The fraction of sp³-hybridized carbons (Fsp3) is 0.300. The van der Waals surface area contributed by atoms with Gasteiger partial charge in [0.15, 0.2) is 16.6 Å². The van der Waals surface area contributed by atoms with Gasteiger partial charge in [-0.25, -0.2) is 4.79 Å². The molecule has 11 heteroatoms. The molecule has 0 bridgehead atoms. The molecule has 0 atom stereocenters. The summed E-state index contributed by atoms with van der Waals surface area (Å²) in [5, 5.41) is 3.75. The van der Waals surface area contributed by atoms with Crippen molar-refractivity contribution in [2.24, 2.45) is 0 Å². The molecule has 3 aromatic rings. The van der Waals surface area contributed by atoms with Crippen molar-refractivity contribution in [3.05, 3.63) is 81.3 Å². The highest BCUT2D eigenvalue weighted by molar-refractivity contribution is 7.80. The topological polar surface area (TPSA) is 86.3 Å². The van der Waals surface area contributed by atoms with Crippen LogP contribution in [0.1, 0.15) is 54.0 Å². The average molecular weight is 620 g/mol. The fourth-order valence-corrected chi connectivity index (χ4v) is 4.65. The molecule has 0 saturated carbocycles. The zero-order valence-electron chi connectivity index (χ0n) is 23.3. The molecule has 0 radical (unpaired) electrons. The molecule has 8 nitrogen and oxygen atoms in total. The SMILES string of the molecule is CCOC(=O)c1ccc(N(Cc2c(Cl)cccc2Cl)C(=S)NC(=O)c2cc(OCC)c(OCC)c(OCC)c2)cc1. The number of carbonyl (C=O) groups is 2. The third-order valence-corrected chi connectivity index (χ3v) is 6.74. The minimum Gasteiger partial charge on any atom is -0.490 e. The second-order valence-electron chi connectivity index (χ2n) is 8.41. The number of thiocarbonyl (C=S) groups is 1. The van der Waals surface area contributed by atoms with Crippen LogP contribution in [0.5, 0.6) is 17.2 Å². The number of benzene rings is 3. The molecule has 1 N–H and O–H groups in total. The molecule has 0 saturated heterocycles. The Balaban J connectivity index is 1.97. The molecule has 1 amide bonds. The number of amides is 1. The van der Waals surface area contributed by atoms with Crippen molar-refractivity contribution < 1.29 is 28.5 Å². The summed E-state index contributed by atoms with van der Waals surface area (Å²) in [6.45, 7) is 8.79. The first-order valence-electron chi connectivity index (χ1n) is 13.1. The Morgan fingerprint density at radius 3 is 1.88 bits per heavy atom. The second kappa shape index (κ2) is 15.5. The highest BCUT2D eigenvalue weighted by Gasteiger charge is 2.22. The van der Waals surface area contributed by atoms with E-state index in [-0.39, 0.29) is 23.8 Å². The van der Waals surface area contributed by atoms with E-state index < -0.39 is 11.9 Å². The number of esters is 1. The van der Waals surface area contributed by atoms with Crippen molar-refractivity contribution >= 4 is 58.1 Å². The van der Waals surface area contributed by atoms with Crippen LogP contribution in [0.15, 0.2) is 54.6 Å². The number of carbonyl (C=O) groups excluding carboxylic acids is 2. The first-order valence-corrected chi connectivity index (χ1v) is 14.3. The van der Waals surface area contributed by atoms with Crippen molar-refractivity contribution in [2.75, 3.05) is 31.3 Å². The van der Waals surface area contributed by atoms with Gasteiger partial charge in [0.25, 0.3) is 5.91 Å². The fourth-order valence-electron chi connectivity index (χ4n) is 3.87. The molecule has 0 unspecified atom stereocenters. The van der Waals surface area contributed by atoms with Crippen LogP contribution in [0.2, 0.25) is 10.0 Å². The van der Waals surface area contributed by atoms with Gasteiger partial charge in [0.2, 0.25) is 5.75 Å². The predicted molar refractivity (Wildman–Crippen MR) is 165 cm³/mol. The van der Waals surface area contributed by atoms with Gasteiger partial charge in [0, 0.05) is 26.9 Å². The van der Waals surface area contributed by atoms with Gasteiger partial charge in [0.1, 0.15) is 0 Å². The number of halogens is 2. The monoisotopic (exact) mass is 618 g/mol. The lowest BCUT2D eigenvalue weighted by atomic mass is 10.1. The summed E-state index contributed by atoms with van der Waals surface area (Å²) in [7, 11) is 0. The highest BCUT2D eigenvalue weighted by atomic mass is 35.5. The van der Waals surface area contributed by atoms with Crippen LogP contribution in [0.4, 0.5) is 5.69 Å². The molecule has 41 heavy (non-hydrogen) atoms. The van der Waals surface area contributed by atoms with Gasteiger partial charge in [0.05, 0.1) is 38.5 Å². The third kappa shape index (κ3) is 8.25. The first kappa shape index (κ1) is 32.0. The Kier molecular flexibility index (Phi) is 12.1. The molecule has 0 aliphatic carbocycles. The zero-order chi connectivity index (χ0) is 29.9. The van der Waals surface area contributed by atoms with E-state index in [9.17, 15) is 9.59 Å². The summed E-state index contributed by atoms with van der Waals surface area (Å²) in [4.78, 5) is 27.3. The number of hydrogen-bond donors (Lipinski definition) is 1. The summed E-state index contributed by atoms with van der Waals surface area (Å²) in [6, 6.07) is 15.0. The van der Waals surface area contributed by atoms with E-state index in [2.05, 4.69) is 5.32 Å². The third-order valence-electron chi connectivity index (χ3n) is 5.70. The van der Waals surface area contributed by atoms with Crippen LogP contribution < -0.4 is 24.4 Å². The summed E-state index contributed by atoms with van der Waals surface area (Å²) in [6.07, 6.45) is 0. The lowest BCUT2D eigenvalue weighted by molar-refractivity contribution is 0.0526. The normalized spacial score (nSPS) is 10.5. The zero-order valence-corrected chi connectivity index (χ0v) is 25.6. The van der Waals surface area contributed by atoms with Crippen LogP contribution in [0.3, 0.4) is 0 Å². The van der Waals surface area contributed by atoms with Gasteiger partial charge >= 0.3 is 5.97 Å². The van der Waals surface area contributed by atoms with Gasteiger partial charge in [-0.3, -0.25) is 10.1 Å². The van der Waals surface area contributed by atoms with Crippen LogP contribution in [-0.2, 0) is 11.3 Å². The van der Waals surface area contributed by atoms with Crippen LogP contribution in [0.25, 0.3) is 0 Å². The molecule has 0 fully saturated rings. The molecule has 0 spiro atoms. The van der Waals surface area contributed by atoms with Gasteiger partial charge in [-0.1, -0.05) is 29.3 Å². The van der Waals surface area contributed by atoms with Crippen molar-refractivity contribution in [3.8, 4) is 17.2 Å². The maximum atomic E-state index is 13.5. The summed E-state index contributed by atoms with van der Waals surface area (Å²) < 4.78 is 22.3. The molecule has 3 rings (SSSR count). The average Bonchev–Trinajstić information content (AvgIpc) is 2.95. The van der Waals surface area contributed by atoms with Crippen molar-refractivity contribution in [2.45, 2.75) is 34.2 Å². The van der Waals surface area contributed by atoms with Crippen molar-refractivity contribution in [1.82, 2.24) is 5.32 Å². The smallest absolute Gasteiger partial charge is 0.338 e. The Morgan fingerprint density at radius 2 is 1.37 bits per heavy atom. The highest BCUT2D eigenvalue weighted by Crippen LogP contribution is 2.39. The molecular formula is C30H32Cl2N2O6S. The van der Waals surface area contributed by atoms with E-state index in [1.807, 2.05) is 20.8 Å². The second-order valence-corrected chi connectivity index (χ2v) is 9.61. The van der Waals surface area contributed by atoms with Gasteiger partial charge < -0.3 is 23.8 Å². The molecule has 0 aromatic heterocycles. The standard InChI is InChI=1S/C30H32Cl2N2O6S/c1-5-37-25-16-20(17-26(38-6-2)27(25)39-7-3)28(35)33-30(41)34(18-22-23(31)10-9-11-24(22)32)21-14-12-19(13-15-21)29(36)40-8-4/h9-17H,5-8,18H2,1-4H3,(H,33,35,41). The Labute approximate surface area is 255 Å². The van der Waals surface area contributed by atoms with Crippen molar-refractivity contribution in [3.63, 3.8) is 0 Å². The van der Waals surface area contributed by atoms with Gasteiger partial charge in [-0.2, -0.15) is 0 Å². The molecule has 218 valence electrons. The predicted octanol–water partition coefficient (Wildman–Crippen LogP) is 7.09. The van der Waals surface area contributed by atoms with E-state index in [4.69, 9.17) is 54.4 Å². The minimum atomic E-state index is -0.488. The number of rotatable bonds is 12. The Bertz CT molecular complexity index is 1340. The van der Waals surface area contributed by atoms with Crippen molar-refractivity contribution in [1.29, 1.82) is 0 Å². The van der Waals surface area contributed by atoms with Crippen LogP contribution in [-0.4, -0.2) is 43.4 Å². The minimum absolute atomic E-state index is 0.0830. The summed E-state index contributed by atoms with van der Waals surface area (Å²) >= 11 is 18.6. The molecule has 0 heterocycles. The van der Waals surface area contributed by atoms with E-state index >= 15 is 0 Å². The van der Waals surface area contributed by atoms with Gasteiger partial charge in [-0.15, -0.1) is 0 Å². The van der Waals surface area contributed by atoms with E-state index in [0.29, 0.717) is 63.9 Å². The Morgan fingerprint density at radius 1 is 0.805 bits per heavy atom. The lowest BCUT2D eigenvalue weighted by Gasteiger charge is -2.27. The molecule has 0 aliphatic rings. The lowest BCUT2D eigenvalue weighted by Crippen LogP contribution is -2.42. The summed E-state index contributed by atoms with van der Waals surface area (Å²) in [5.41, 5.74) is 1.84. The molecule has 3 aromatic carbocycles.